The third-order valence-electron chi connectivity index (χ3n) is 3.30. The number of alkyl halides is 1. The van der Waals surface area contributed by atoms with Crippen LogP contribution in [0.4, 0.5) is 0 Å². The van der Waals surface area contributed by atoms with Crippen molar-refractivity contribution in [1.29, 1.82) is 0 Å². The van der Waals surface area contributed by atoms with Crippen molar-refractivity contribution in [2.24, 2.45) is 11.8 Å². The Hall–Kier alpha value is 0.830. The molecule has 2 heteroatoms. The van der Waals surface area contributed by atoms with Gasteiger partial charge in [-0.2, -0.15) is 11.8 Å². The van der Waals surface area contributed by atoms with Crippen molar-refractivity contribution in [3.8, 4) is 0 Å². The molecular formula is C12H23BrS. The molecule has 0 bridgehead atoms. The van der Waals surface area contributed by atoms with Crippen LogP contribution in [0, 0.1) is 11.8 Å². The molecule has 84 valence electrons. The summed E-state index contributed by atoms with van der Waals surface area (Å²) in [6, 6.07) is 0. The summed E-state index contributed by atoms with van der Waals surface area (Å²) in [5, 5.41) is 0. The molecule has 0 radical (unpaired) electrons. The van der Waals surface area contributed by atoms with Gasteiger partial charge in [0, 0.05) is 10.6 Å². The Kier molecular flexibility index (Phi) is 6.60. The quantitative estimate of drug-likeness (QED) is 0.634. The highest BCUT2D eigenvalue weighted by atomic mass is 79.9. The first-order valence-electron chi connectivity index (χ1n) is 5.99. The van der Waals surface area contributed by atoms with Crippen LogP contribution in [0.15, 0.2) is 0 Å². The molecule has 3 unspecified atom stereocenters. The van der Waals surface area contributed by atoms with Gasteiger partial charge >= 0.3 is 0 Å². The zero-order valence-corrected chi connectivity index (χ0v) is 11.9. The van der Waals surface area contributed by atoms with Crippen LogP contribution >= 0.6 is 27.7 Å². The summed E-state index contributed by atoms with van der Waals surface area (Å²) in [5.41, 5.74) is 0. The lowest BCUT2D eigenvalue weighted by atomic mass is 9.88. The molecular weight excluding hydrogens is 256 g/mol. The fraction of sp³-hybridized carbons (Fsp3) is 1.00. The molecule has 0 aliphatic carbocycles. The Balaban J connectivity index is 2.24. The molecule has 0 aromatic rings. The van der Waals surface area contributed by atoms with Crippen molar-refractivity contribution in [3.63, 3.8) is 0 Å². The van der Waals surface area contributed by atoms with E-state index in [0.29, 0.717) is 0 Å². The largest absolute Gasteiger partial charge is 0.161 e. The third kappa shape index (κ3) is 4.14. The molecule has 0 amide bonds. The van der Waals surface area contributed by atoms with Crippen molar-refractivity contribution in [2.75, 3.05) is 11.5 Å². The van der Waals surface area contributed by atoms with Crippen LogP contribution in [0.1, 0.15) is 46.0 Å². The zero-order chi connectivity index (χ0) is 10.4. The van der Waals surface area contributed by atoms with Gasteiger partial charge in [-0.25, -0.2) is 0 Å². The number of thioether (sulfide) groups is 1. The maximum atomic E-state index is 3.81. The number of halogens is 1. The fourth-order valence-electron chi connectivity index (χ4n) is 2.20. The van der Waals surface area contributed by atoms with E-state index in [1.54, 1.807) is 0 Å². The Bertz CT molecular complexity index is 149. The van der Waals surface area contributed by atoms with Crippen molar-refractivity contribution < 1.29 is 0 Å². The maximum Gasteiger partial charge on any atom is 0.0272 e. The molecule has 1 fully saturated rings. The highest BCUT2D eigenvalue weighted by molar-refractivity contribution is 9.09. The van der Waals surface area contributed by atoms with Crippen molar-refractivity contribution in [3.05, 3.63) is 0 Å². The van der Waals surface area contributed by atoms with Crippen LogP contribution in [0.25, 0.3) is 0 Å². The van der Waals surface area contributed by atoms with Gasteiger partial charge in [0.1, 0.15) is 0 Å². The molecule has 0 nitrogen and oxygen atoms in total. The van der Waals surface area contributed by atoms with E-state index >= 15 is 0 Å². The van der Waals surface area contributed by atoms with Gasteiger partial charge in [-0.1, -0.05) is 55.5 Å². The first-order chi connectivity index (χ1) is 6.77. The Morgan fingerprint density at radius 3 is 2.64 bits per heavy atom. The zero-order valence-electron chi connectivity index (χ0n) is 9.47. The van der Waals surface area contributed by atoms with E-state index in [1.165, 1.54) is 43.6 Å². The number of rotatable bonds is 6. The van der Waals surface area contributed by atoms with E-state index in [9.17, 15) is 0 Å². The minimum atomic E-state index is 0.795. The van der Waals surface area contributed by atoms with E-state index in [0.717, 1.165) is 16.7 Å². The van der Waals surface area contributed by atoms with Gasteiger partial charge in [-0.15, -0.1) is 0 Å². The molecule has 1 heterocycles. The van der Waals surface area contributed by atoms with E-state index in [2.05, 4.69) is 41.5 Å². The molecule has 1 rings (SSSR count). The summed E-state index contributed by atoms with van der Waals surface area (Å²) >= 11 is 5.93. The summed E-state index contributed by atoms with van der Waals surface area (Å²) in [7, 11) is 0. The Morgan fingerprint density at radius 2 is 2.14 bits per heavy atom. The van der Waals surface area contributed by atoms with Gasteiger partial charge in [0.15, 0.2) is 0 Å². The van der Waals surface area contributed by atoms with Gasteiger partial charge < -0.3 is 0 Å². The molecule has 1 aliphatic rings. The first-order valence-corrected chi connectivity index (χ1v) is 8.06. The molecule has 0 N–H and O–H groups in total. The van der Waals surface area contributed by atoms with E-state index in [4.69, 9.17) is 0 Å². The fourth-order valence-corrected chi connectivity index (χ4v) is 4.71. The van der Waals surface area contributed by atoms with Crippen LogP contribution in [-0.4, -0.2) is 16.3 Å². The highest BCUT2D eigenvalue weighted by Gasteiger charge is 2.27. The van der Waals surface area contributed by atoms with Crippen LogP contribution in [0.2, 0.25) is 0 Å². The minimum Gasteiger partial charge on any atom is -0.161 e. The average Bonchev–Trinajstić information content (AvgIpc) is 2.59. The van der Waals surface area contributed by atoms with Gasteiger partial charge in [-0.05, 0) is 24.0 Å². The van der Waals surface area contributed by atoms with Gasteiger partial charge in [0.2, 0.25) is 0 Å². The normalized spacial score (nSPS) is 29.4. The summed E-state index contributed by atoms with van der Waals surface area (Å²) < 4.78 is 0. The summed E-state index contributed by atoms with van der Waals surface area (Å²) in [5.74, 6) is 4.65. The van der Waals surface area contributed by atoms with E-state index in [-0.39, 0.29) is 0 Å². The molecule has 0 saturated carbocycles. The van der Waals surface area contributed by atoms with Crippen LogP contribution in [0.3, 0.4) is 0 Å². The molecule has 0 aromatic heterocycles. The SMILES string of the molecule is CCCCC(CC)CC1CSCC1Br. The average molecular weight is 279 g/mol. The molecule has 0 spiro atoms. The predicted octanol–water partition coefficient (Wildman–Crippen LogP) is 4.72. The van der Waals surface area contributed by atoms with Crippen LogP contribution in [-0.2, 0) is 0 Å². The topological polar surface area (TPSA) is 0 Å². The summed E-state index contributed by atoms with van der Waals surface area (Å²) in [6.45, 7) is 4.65. The third-order valence-corrected chi connectivity index (χ3v) is 6.06. The number of hydrogen-bond donors (Lipinski definition) is 0. The van der Waals surface area contributed by atoms with Crippen molar-refractivity contribution >= 4 is 27.7 Å². The monoisotopic (exact) mass is 278 g/mol. The number of unbranched alkanes of at least 4 members (excludes halogenated alkanes) is 1. The first kappa shape index (κ1) is 12.9. The molecule has 14 heavy (non-hydrogen) atoms. The molecule has 3 atom stereocenters. The van der Waals surface area contributed by atoms with Gasteiger partial charge in [0.05, 0.1) is 0 Å². The lowest BCUT2D eigenvalue weighted by Crippen LogP contribution is -2.16. The maximum absolute atomic E-state index is 3.81. The summed E-state index contributed by atoms with van der Waals surface area (Å²) in [4.78, 5) is 0.795. The Morgan fingerprint density at radius 1 is 1.36 bits per heavy atom. The van der Waals surface area contributed by atoms with Crippen molar-refractivity contribution in [2.45, 2.75) is 50.8 Å². The second-order valence-corrected chi connectivity index (χ2v) is 6.72. The molecule has 0 aromatic carbocycles. The molecule has 1 aliphatic heterocycles. The van der Waals surface area contributed by atoms with Crippen LogP contribution < -0.4 is 0 Å². The highest BCUT2D eigenvalue weighted by Crippen LogP contribution is 2.35. The lowest BCUT2D eigenvalue weighted by molar-refractivity contribution is 0.361. The Labute approximate surface area is 102 Å². The van der Waals surface area contributed by atoms with Gasteiger partial charge in [0.25, 0.3) is 0 Å². The standard InChI is InChI=1S/C12H23BrS/c1-3-5-6-10(4-2)7-11-8-14-9-12(11)13/h10-12H,3-9H2,1-2H3. The predicted molar refractivity (Wildman–Crippen MR) is 71.5 cm³/mol. The van der Waals surface area contributed by atoms with Crippen molar-refractivity contribution in [1.82, 2.24) is 0 Å². The minimum absolute atomic E-state index is 0.795. The summed E-state index contributed by atoms with van der Waals surface area (Å²) in [6.07, 6.45) is 7.06. The van der Waals surface area contributed by atoms with E-state index < -0.39 is 0 Å². The van der Waals surface area contributed by atoms with Crippen LogP contribution in [0.5, 0.6) is 0 Å². The number of hydrogen-bond acceptors (Lipinski definition) is 1. The second-order valence-electron chi connectivity index (χ2n) is 4.47. The van der Waals surface area contributed by atoms with Gasteiger partial charge in [-0.3, -0.25) is 0 Å². The lowest BCUT2D eigenvalue weighted by Gasteiger charge is -2.20. The van der Waals surface area contributed by atoms with E-state index in [1.807, 2.05) is 0 Å². The smallest absolute Gasteiger partial charge is 0.0272 e. The second kappa shape index (κ2) is 7.16. The molecule has 1 saturated heterocycles.